The van der Waals surface area contributed by atoms with Gasteiger partial charge in [-0.3, -0.25) is 0 Å². The number of carbonyl (C=O) groups excluding carboxylic acids is 1. The van der Waals surface area contributed by atoms with Gasteiger partial charge in [-0.1, -0.05) is 13.3 Å². The van der Waals surface area contributed by atoms with E-state index in [1.54, 1.807) is 0 Å². The summed E-state index contributed by atoms with van der Waals surface area (Å²) in [6, 6.07) is 3.91. The molecule has 0 N–H and O–H groups in total. The van der Waals surface area contributed by atoms with Crippen LogP contribution in [0.1, 0.15) is 25.8 Å². The zero-order valence-corrected chi connectivity index (χ0v) is 6.73. The lowest BCUT2D eigenvalue weighted by atomic mass is 10.2. The van der Waals surface area contributed by atoms with Crippen LogP contribution in [0.2, 0.25) is 0 Å². The smallest absolute Gasteiger partial charge is 0.142 e. The van der Waals surface area contributed by atoms with Crippen LogP contribution in [0.4, 0.5) is 0 Å². The lowest BCUT2D eigenvalue weighted by Gasteiger charge is -2.09. The third-order valence-corrected chi connectivity index (χ3v) is 1.75. The molecule has 0 unspecified atom stereocenters. The molecule has 1 atom stereocenters. The topological polar surface area (TPSA) is 22.0 Å². The normalized spacial score (nSPS) is 12.8. The molecule has 0 aromatic carbocycles. The number of nitrogens with zero attached hydrogens (tertiary/aromatic N) is 1. The van der Waals surface area contributed by atoms with Gasteiger partial charge in [0.05, 0.1) is 6.04 Å². The second-order valence-corrected chi connectivity index (χ2v) is 2.62. The molecule has 1 rings (SSSR count). The first-order chi connectivity index (χ1) is 5.38. The van der Waals surface area contributed by atoms with E-state index in [9.17, 15) is 4.79 Å². The van der Waals surface area contributed by atoms with Crippen LogP contribution in [-0.2, 0) is 4.79 Å². The third kappa shape index (κ3) is 1.93. The number of hydrogen-bond donors (Lipinski definition) is 0. The fraction of sp³-hybridized carbons (Fsp3) is 0.444. The second-order valence-electron chi connectivity index (χ2n) is 2.62. The average Bonchev–Trinajstić information content (AvgIpc) is 2.52. The van der Waals surface area contributed by atoms with E-state index >= 15 is 0 Å². The summed E-state index contributed by atoms with van der Waals surface area (Å²) in [7, 11) is 0. The van der Waals surface area contributed by atoms with Crippen molar-refractivity contribution in [2.75, 3.05) is 0 Å². The molecule has 60 valence electrons. The van der Waals surface area contributed by atoms with Crippen LogP contribution in [0.5, 0.6) is 0 Å². The summed E-state index contributed by atoms with van der Waals surface area (Å²) in [6.45, 7) is 2.08. The zero-order valence-electron chi connectivity index (χ0n) is 6.73. The van der Waals surface area contributed by atoms with Crippen molar-refractivity contribution in [3.63, 3.8) is 0 Å². The van der Waals surface area contributed by atoms with E-state index in [-0.39, 0.29) is 6.04 Å². The fourth-order valence-electron chi connectivity index (χ4n) is 1.15. The van der Waals surface area contributed by atoms with E-state index in [2.05, 4.69) is 6.92 Å². The molecule has 1 aromatic heterocycles. The highest BCUT2D eigenvalue weighted by atomic mass is 16.1. The predicted molar refractivity (Wildman–Crippen MR) is 44.4 cm³/mol. The second kappa shape index (κ2) is 3.96. The lowest BCUT2D eigenvalue weighted by Crippen LogP contribution is -2.07. The minimum Gasteiger partial charge on any atom is -0.344 e. The fourth-order valence-corrected chi connectivity index (χ4v) is 1.15. The molecular weight excluding hydrogens is 138 g/mol. The Morgan fingerprint density at radius 2 is 2.09 bits per heavy atom. The molecule has 11 heavy (non-hydrogen) atoms. The highest BCUT2D eigenvalue weighted by Crippen LogP contribution is 2.10. The van der Waals surface area contributed by atoms with Crippen LogP contribution in [-0.4, -0.2) is 10.9 Å². The lowest BCUT2D eigenvalue weighted by molar-refractivity contribution is -0.110. The predicted octanol–water partition coefficient (Wildman–Crippen LogP) is 2.03. The molecule has 0 radical (unpaired) electrons. The van der Waals surface area contributed by atoms with E-state index in [1.165, 1.54) is 0 Å². The Morgan fingerprint density at radius 1 is 1.45 bits per heavy atom. The van der Waals surface area contributed by atoms with E-state index in [0.29, 0.717) is 0 Å². The molecule has 0 spiro atoms. The number of rotatable bonds is 4. The number of hydrogen-bond acceptors (Lipinski definition) is 1. The minimum absolute atomic E-state index is 0.0370. The Hall–Kier alpha value is -1.05. The minimum atomic E-state index is 0.0370. The van der Waals surface area contributed by atoms with Gasteiger partial charge >= 0.3 is 0 Å². The van der Waals surface area contributed by atoms with Gasteiger partial charge in [-0.2, -0.15) is 0 Å². The monoisotopic (exact) mass is 151 g/mol. The first-order valence-electron chi connectivity index (χ1n) is 3.96. The van der Waals surface area contributed by atoms with Gasteiger partial charge < -0.3 is 9.36 Å². The highest BCUT2D eigenvalue weighted by molar-refractivity contribution is 5.55. The standard InChI is InChI=1S/C9H13NO/c1-2-5-9(8-11)10-6-3-4-7-10/h3-4,6-9H,2,5H2,1H3/t9-/m1/s1. The summed E-state index contributed by atoms with van der Waals surface area (Å²) in [5.74, 6) is 0. The van der Waals surface area contributed by atoms with E-state index in [4.69, 9.17) is 0 Å². The summed E-state index contributed by atoms with van der Waals surface area (Å²) in [4.78, 5) is 10.6. The van der Waals surface area contributed by atoms with Crippen molar-refractivity contribution in [1.82, 2.24) is 4.57 Å². The molecule has 0 fully saturated rings. The van der Waals surface area contributed by atoms with Crippen LogP contribution in [0.25, 0.3) is 0 Å². The first-order valence-corrected chi connectivity index (χ1v) is 3.96. The molecule has 0 aliphatic heterocycles. The van der Waals surface area contributed by atoms with Crippen molar-refractivity contribution in [2.24, 2.45) is 0 Å². The molecule has 0 bridgehead atoms. The maximum absolute atomic E-state index is 10.6. The molecule has 0 saturated carbocycles. The summed E-state index contributed by atoms with van der Waals surface area (Å²) >= 11 is 0. The van der Waals surface area contributed by atoms with Gasteiger partial charge in [0.25, 0.3) is 0 Å². The van der Waals surface area contributed by atoms with Gasteiger partial charge in [-0.05, 0) is 18.6 Å². The molecule has 1 heterocycles. The van der Waals surface area contributed by atoms with Crippen LogP contribution in [0.15, 0.2) is 24.5 Å². The van der Waals surface area contributed by atoms with Crippen LogP contribution in [0, 0.1) is 0 Å². The number of aldehydes is 1. The summed E-state index contributed by atoms with van der Waals surface area (Å²) in [6.07, 6.45) is 6.83. The Balaban J connectivity index is 2.63. The van der Waals surface area contributed by atoms with Gasteiger partial charge in [0.15, 0.2) is 0 Å². The summed E-state index contributed by atoms with van der Waals surface area (Å²) in [5.41, 5.74) is 0. The van der Waals surface area contributed by atoms with E-state index in [1.807, 2.05) is 29.1 Å². The van der Waals surface area contributed by atoms with Crippen LogP contribution in [0.3, 0.4) is 0 Å². The largest absolute Gasteiger partial charge is 0.344 e. The Morgan fingerprint density at radius 3 is 2.55 bits per heavy atom. The summed E-state index contributed by atoms with van der Waals surface area (Å²) < 4.78 is 1.94. The maximum atomic E-state index is 10.6. The first kappa shape index (κ1) is 8.05. The molecule has 0 saturated heterocycles. The van der Waals surface area contributed by atoms with Gasteiger partial charge in [0.1, 0.15) is 6.29 Å². The van der Waals surface area contributed by atoms with E-state index in [0.717, 1.165) is 19.1 Å². The molecular formula is C9H13NO. The molecule has 2 nitrogen and oxygen atoms in total. The van der Waals surface area contributed by atoms with Crippen molar-refractivity contribution in [3.8, 4) is 0 Å². The SMILES string of the molecule is CCC[C@H](C=O)n1cccc1. The number of aromatic nitrogens is 1. The van der Waals surface area contributed by atoms with Crippen LogP contribution >= 0.6 is 0 Å². The summed E-state index contributed by atoms with van der Waals surface area (Å²) in [5, 5.41) is 0. The number of carbonyl (C=O) groups is 1. The molecule has 1 aromatic rings. The van der Waals surface area contributed by atoms with Gasteiger partial charge in [-0.25, -0.2) is 0 Å². The average molecular weight is 151 g/mol. The van der Waals surface area contributed by atoms with Crippen molar-refractivity contribution in [1.29, 1.82) is 0 Å². The van der Waals surface area contributed by atoms with Crippen molar-refractivity contribution in [3.05, 3.63) is 24.5 Å². The van der Waals surface area contributed by atoms with Gasteiger partial charge in [-0.15, -0.1) is 0 Å². The Bertz CT molecular complexity index is 203. The zero-order chi connectivity index (χ0) is 8.10. The quantitative estimate of drug-likeness (QED) is 0.603. The van der Waals surface area contributed by atoms with Crippen LogP contribution < -0.4 is 0 Å². The molecule has 0 aliphatic carbocycles. The third-order valence-electron chi connectivity index (χ3n) is 1.75. The van der Waals surface area contributed by atoms with Crippen molar-refractivity contribution < 1.29 is 4.79 Å². The maximum Gasteiger partial charge on any atom is 0.142 e. The molecule has 0 amide bonds. The van der Waals surface area contributed by atoms with E-state index < -0.39 is 0 Å². The van der Waals surface area contributed by atoms with Crippen molar-refractivity contribution >= 4 is 6.29 Å². The molecule has 0 aliphatic rings. The van der Waals surface area contributed by atoms with Gasteiger partial charge in [0.2, 0.25) is 0 Å². The Kier molecular flexibility index (Phi) is 2.90. The van der Waals surface area contributed by atoms with Gasteiger partial charge in [0, 0.05) is 12.4 Å². The Labute approximate surface area is 66.8 Å². The molecule has 2 heteroatoms. The highest BCUT2D eigenvalue weighted by Gasteiger charge is 2.04. The van der Waals surface area contributed by atoms with Crippen molar-refractivity contribution in [2.45, 2.75) is 25.8 Å².